The lowest BCUT2D eigenvalue weighted by Crippen LogP contribution is -2.51. The molecule has 0 unspecified atom stereocenters. The van der Waals surface area contributed by atoms with Gasteiger partial charge in [-0.05, 0) is 67.6 Å². The van der Waals surface area contributed by atoms with Gasteiger partial charge in [0.05, 0.1) is 6.61 Å². The molecule has 166 valence electrons. The van der Waals surface area contributed by atoms with Crippen LogP contribution in [0, 0.1) is 0 Å². The van der Waals surface area contributed by atoms with Crippen molar-refractivity contribution in [2.24, 2.45) is 0 Å². The van der Waals surface area contributed by atoms with Crippen molar-refractivity contribution in [2.45, 2.75) is 6.92 Å². The largest absolute Gasteiger partial charge is 0.494 e. The zero-order valence-corrected chi connectivity index (χ0v) is 18.1. The van der Waals surface area contributed by atoms with E-state index in [1.165, 1.54) is 0 Å². The molecule has 0 N–H and O–H groups in total. The van der Waals surface area contributed by atoms with E-state index in [4.69, 9.17) is 9.47 Å². The van der Waals surface area contributed by atoms with E-state index in [-0.39, 0.29) is 18.4 Å². The first-order chi connectivity index (χ1) is 15.6. The van der Waals surface area contributed by atoms with Crippen molar-refractivity contribution in [1.82, 2.24) is 14.4 Å². The molecule has 0 spiro atoms. The second-order valence-corrected chi connectivity index (χ2v) is 7.50. The Labute approximate surface area is 187 Å². The number of aromatic nitrogens is 1. The van der Waals surface area contributed by atoms with Gasteiger partial charge in [0, 0.05) is 49.8 Å². The van der Waals surface area contributed by atoms with Gasteiger partial charge in [0.2, 0.25) is 0 Å². The SMILES string of the molecule is CCOc1ccc(OCC(=O)N2CCN(C(=O)c3ccc(-n4cccc4)cc3)CC2)cc1. The monoisotopic (exact) mass is 433 g/mol. The van der Waals surface area contributed by atoms with Crippen molar-refractivity contribution in [3.05, 3.63) is 78.6 Å². The Balaban J connectivity index is 1.25. The van der Waals surface area contributed by atoms with Crippen molar-refractivity contribution in [1.29, 1.82) is 0 Å². The van der Waals surface area contributed by atoms with Crippen molar-refractivity contribution in [3.63, 3.8) is 0 Å². The first-order valence-electron chi connectivity index (χ1n) is 10.8. The normalized spacial score (nSPS) is 13.7. The Kier molecular flexibility index (Phi) is 6.75. The molecule has 2 aromatic carbocycles. The third-order valence-corrected chi connectivity index (χ3v) is 5.43. The molecule has 7 nitrogen and oxygen atoms in total. The van der Waals surface area contributed by atoms with Crippen LogP contribution in [0.2, 0.25) is 0 Å². The summed E-state index contributed by atoms with van der Waals surface area (Å²) in [5.74, 6) is 1.30. The highest BCUT2D eigenvalue weighted by Gasteiger charge is 2.25. The van der Waals surface area contributed by atoms with Gasteiger partial charge in [0.1, 0.15) is 11.5 Å². The van der Waals surface area contributed by atoms with E-state index in [1.807, 2.05) is 72.4 Å². The number of amides is 2. The summed E-state index contributed by atoms with van der Waals surface area (Å²) < 4.78 is 13.0. The molecule has 32 heavy (non-hydrogen) atoms. The van der Waals surface area contributed by atoms with E-state index in [0.29, 0.717) is 44.1 Å². The first-order valence-corrected chi connectivity index (χ1v) is 10.8. The third-order valence-electron chi connectivity index (χ3n) is 5.43. The fraction of sp³-hybridized carbons (Fsp3) is 0.280. The van der Waals surface area contributed by atoms with Crippen LogP contribution >= 0.6 is 0 Å². The van der Waals surface area contributed by atoms with Crippen LogP contribution in [0.5, 0.6) is 11.5 Å². The van der Waals surface area contributed by atoms with Gasteiger partial charge < -0.3 is 23.8 Å². The molecule has 2 amide bonds. The number of nitrogens with zero attached hydrogens (tertiary/aromatic N) is 3. The summed E-state index contributed by atoms with van der Waals surface area (Å²) in [6.45, 7) is 4.52. The second kappa shape index (κ2) is 10.0. The zero-order chi connectivity index (χ0) is 22.3. The Morgan fingerprint density at radius 3 is 1.94 bits per heavy atom. The molecule has 0 saturated carbocycles. The molecule has 1 aliphatic heterocycles. The van der Waals surface area contributed by atoms with Crippen LogP contribution in [0.15, 0.2) is 73.1 Å². The molecule has 1 aromatic heterocycles. The third kappa shape index (κ3) is 5.11. The summed E-state index contributed by atoms with van der Waals surface area (Å²) in [6.07, 6.45) is 3.93. The molecule has 0 bridgehead atoms. The number of carbonyl (C=O) groups excluding carboxylic acids is 2. The average molecular weight is 434 g/mol. The summed E-state index contributed by atoms with van der Waals surface area (Å²) in [5.41, 5.74) is 1.66. The predicted octanol–water partition coefficient (Wildman–Crippen LogP) is 3.24. The number of piperazine rings is 1. The van der Waals surface area contributed by atoms with Gasteiger partial charge in [-0.2, -0.15) is 0 Å². The fourth-order valence-corrected chi connectivity index (χ4v) is 3.66. The van der Waals surface area contributed by atoms with Crippen molar-refractivity contribution < 1.29 is 19.1 Å². The van der Waals surface area contributed by atoms with Gasteiger partial charge in [-0.1, -0.05) is 0 Å². The minimum Gasteiger partial charge on any atom is -0.494 e. The van der Waals surface area contributed by atoms with Crippen LogP contribution in [0.3, 0.4) is 0 Å². The highest BCUT2D eigenvalue weighted by Crippen LogP contribution is 2.18. The topological polar surface area (TPSA) is 64.0 Å². The number of carbonyl (C=O) groups is 2. The van der Waals surface area contributed by atoms with E-state index >= 15 is 0 Å². The highest BCUT2D eigenvalue weighted by atomic mass is 16.5. The highest BCUT2D eigenvalue weighted by molar-refractivity contribution is 5.94. The summed E-state index contributed by atoms with van der Waals surface area (Å²) >= 11 is 0. The lowest BCUT2D eigenvalue weighted by Gasteiger charge is -2.34. The number of rotatable bonds is 7. The van der Waals surface area contributed by atoms with E-state index in [0.717, 1.165) is 11.4 Å². The molecule has 0 atom stereocenters. The number of benzene rings is 2. The molecule has 1 fully saturated rings. The Hall–Kier alpha value is -3.74. The molecule has 0 radical (unpaired) electrons. The van der Waals surface area contributed by atoms with Gasteiger partial charge in [-0.3, -0.25) is 9.59 Å². The minimum atomic E-state index is -0.0814. The molecule has 0 aliphatic carbocycles. The first kappa shape index (κ1) is 21.5. The van der Waals surface area contributed by atoms with Crippen molar-refractivity contribution in [3.8, 4) is 17.2 Å². The molecule has 1 aliphatic rings. The average Bonchev–Trinajstić information content (AvgIpc) is 3.38. The minimum absolute atomic E-state index is 0.0122. The Morgan fingerprint density at radius 2 is 1.34 bits per heavy atom. The Bertz CT molecular complexity index is 1020. The van der Waals surface area contributed by atoms with Crippen LogP contribution < -0.4 is 9.47 Å². The van der Waals surface area contributed by atoms with Gasteiger partial charge >= 0.3 is 0 Å². The molecular formula is C25H27N3O4. The van der Waals surface area contributed by atoms with Crippen LogP contribution in [-0.2, 0) is 4.79 Å². The fourth-order valence-electron chi connectivity index (χ4n) is 3.66. The standard InChI is InChI=1S/C25H27N3O4/c1-2-31-22-9-11-23(12-10-22)32-19-24(29)27-15-17-28(18-16-27)25(30)20-5-7-21(8-6-20)26-13-3-4-14-26/h3-14H,2,15-19H2,1H3. The van der Waals surface area contributed by atoms with Crippen molar-refractivity contribution >= 4 is 11.8 Å². The number of hydrogen-bond donors (Lipinski definition) is 0. The Morgan fingerprint density at radius 1 is 0.781 bits per heavy atom. The molecule has 4 rings (SSSR count). The maximum atomic E-state index is 12.8. The van der Waals surface area contributed by atoms with Crippen LogP contribution in [0.1, 0.15) is 17.3 Å². The zero-order valence-electron chi connectivity index (χ0n) is 18.1. The van der Waals surface area contributed by atoms with Gasteiger partial charge in [0.15, 0.2) is 6.61 Å². The van der Waals surface area contributed by atoms with Crippen molar-refractivity contribution in [2.75, 3.05) is 39.4 Å². The van der Waals surface area contributed by atoms with E-state index in [1.54, 1.807) is 21.9 Å². The predicted molar refractivity (Wildman–Crippen MR) is 121 cm³/mol. The van der Waals surface area contributed by atoms with Gasteiger partial charge in [0.25, 0.3) is 11.8 Å². The summed E-state index contributed by atoms with van der Waals surface area (Å²) in [5, 5.41) is 0. The lowest BCUT2D eigenvalue weighted by molar-refractivity contribution is -0.134. The molecule has 2 heterocycles. The quantitative estimate of drug-likeness (QED) is 0.574. The van der Waals surface area contributed by atoms with Crippen LogP contribution in [-0.4, -0.2) is 65.6 Å². The molecule has 1 saturated heterocycles. The number of ether oxygens (including phenoxy) is 2. The lowest BCUT2D eigenvalue weighted by atomic mass is 10.1. The molecule has 7 heteroatoms. The molecule has 3 aromatic rings. The van der Waals surface area contributed by atoms with E-state index < -0.39 is 0 Å². The second-order valence-electron chi connectivity index (χ2n) is 7.50. The van der Waals surface area contributed by atoms with E-state index in [2.05, 4.69) is 0 Å². The van der Waals surface area contributed by atoms with Gasteiger partial charge in [-0.15, -0.1) is 0 Å². The van der Waals surface area contributed by atoms with Crippen LogP contribution in [0.25, 0.3) is 5.69 Å². The molecular weight excluding hydrogens is 406 g/mol. The maximum absolute atomic E-state index is 12.8. The maximum Gasteiger partial charge on any atom is 0.260 e. The summed E-state index contributed by atoms with van der Waals surface area (Å²) in [7, 11) is 0. The van der Waals surface area contributed by atoms with Crippen LogP contribution in [0.4, 0.5) is 0 Å². The number of hydrogen-bond acceptors (Lipinski definition) is 4. The van der Waals surface area contributed by atoms with Gasteiger partial charge in [-0.25, -0.2) is 0 Å². The smallest absolute Gasteiger partial charge is 0.260 e. The summed E-state index contributed by atoms with van der Waals surface area (Å²) in [4.78, 5) is 28.9. The summed E-state index contributed by atoms with van der Waals surface area (Å²) in [6, 6.07) is 18.7. The van der Waals surface area contributed by atoms with E-state index in [9.17, 15) is 9.59 Å².